The molecule has 1 N–H and O–H groups in total. The highest BCUT2D eigenvalue weighted by Crippen LogP contribution is 2.13. The minimum absolute atomic E-state index is 0.408. The summed E-state index contributed by atoms with van der Waals surface area (Å²) in [6.45, 7) is 4.90. The van der Waals surface area contributed by atoms with Crippen LogP contribution in [0.5, 0.6) is 0 Å². The molecule has 2 heteroatoms. The van der Waals surface area contributed by atoms with E-state index in [9.17, 15) is 4.79 Å². The van der Waals surface area contributed by atoms with Gasteiger partial charge >= 0.3 is 0 Å². The van der Waals surface area contributed by atoms with Gasteiger partial charge in [-0.25, -0.2) is 0 Å². The topological polar surface area (TPSA) is 29.1 Å². The number of rotatable bonds is 3. The third kappa shape index (κ3) is 1.67. The zero-order valence-electron chi connectivity index (χ0n) is 6.10. The third-order valence-corrected chi connectivity index (χ3v) is 1.90. The number of hydrogen-bond donors (Lipinski definition) is 1. The number of carbonyl (C=O) groups is 1. The molecule has 0 radical (unpaired) electrons. The van der Waals surface area contributed by atoms with E-state index in [0.717, 1.165) is 24.8 Å². The van der Waals surface area contributed by atoms with Crippen molar-refractivity contribution < 1.29 is 4.79 Å². The van der Waals surface area contributed by atoms with Gasteiger partial charge in [0.05, 0.1) is 0 Å². The maximum Gasteiger partial charge on any atom is 0.124 e. The molecule has 1 saturated heterocycles. The Morgan fingerprint density at radius 2 is 2.60 bits per heavy atom. The molecule has 2 nitrogen and oxygen atoms in total. The monoisotopic (exact) mass is 139 g/mol. The summed E-state index contributed by atoms with van der Waals surface area (Å²) in [5, 5.41) is 3.28. The molecule has 56 valence electrons. The van der Waals surface area contributed by atoms with Crippen LogP contribution in [-0.2, 0) is 4.79 Å². The predicted octanol–water partition coefficient (Wildman–Crippen LogP) is 0.884. The lowest BCUT2D eigenvalue weighted by Crippen LogP contribution is -2.23. The molecule has 0 amide bonds. The van der Waals surface area contributed by atoms with Gasteiger partial charge in [0.15, 0.2) is 0 Å². The van der Waals surface area contributed by atoms with Gasteiger partial charge in [-0.1, -0.05) is 12.2 Å². The van der Waals surface area contributed by atoms with Crippen LogP contribution in [0.15, 0.2) is 12.2 Å². The third-order valence-electron chi connectivity index (χ3n) is 1.90. The Hall–Kier alpha value is -0.630. The van der Waals surface area contributed by atoms with Crippen LogP contribution in [0, 0.1) is 0 Å². The van der Waals surface area contributed by atoms with Crippen LogP contribution in [0.4, 0.5) is 0 Å². The van der Waals surface area contributed by atoms with Crippen LogP contribution < -0.4 is 5.32 Å². The van der Waals surface area contributed by atoms with Gasteiger partial charge in [-0.05, 0) is 19.4 Å². The molecule has 0 aromatic heterocycles. The fourth-order valence-electron chi connectivity index (χ4n) is 1.28. The highest BCUT2D eigenvalue weighted by molar-refractivity contribution is 5.54. The SMILES string of the molecule is C=C(CC=O)C1CCCN1. The number of nitrogens with one attached hydrogen (secondary N) is 1. The second-order valence-electron chi connectivity index (χ2n) is 2.68. The van der Waals surface area contributed by atoms with Gasteiger partial charge in [0, 0.05) is 12.5 Å². The van der Waals surface area contributed by atoms with Crippen molar-refractivity contribution in [3.05, 3.63) is 12.2 Å². The fraction of sp³-hybridized carbons (Fsp3) is 0.625. The Labute approximate surface area is 61.3 Å². The molecule has 0 aromatic carbocycles. The normalized spacial score (nSPS) is 24.6. The molecule has 10 heavy (non-hydrogen) atoms. The molecule has 1 unspecified atom stereocenters. The van der Waals surface area contributed by atoms with Gasteiger partial charge < -0.3 is 10.1 Å². The fourth-order valence-corrected chi connectivity index (χ4v) is 1.28. The average Bonchev–Trinajstić information content (AvgIpc) is 2.38. The Balaban J connectivity index is 2.32. The van der Waals surface area contributed by atoms with E-state index in [0.29, 0.717) is 12.5 Å². The van der Waals surface area contributed by atoms with Crippen molar-refractivity contribution in [2.24, 2.45) is 0 Å². The van der Waals surface area contributed by atoms with Crippen LogP contribution in [-0.4, -0.2) is 18.9 Å². The van der Waals surface area contributed by atoms with Gasteiger partial charge in [-0.3, -0.25) is 0 Å². The zero-order chi connectivity index (χ0) is 7.40. The van der Waals surface area contributed by atoms with Crippen LogP contribution in [0.3, 0.4) is 0 Å². The molecule has 1 heterocycles. The minimum Gasteiger partial charge on any atom is -0.310 e. The molecular weight excluding hydrogens is 126 g/mol. The Morgan fingerprint density at radius 1 is 1.80 bits per heavy atom. The molecule has 1 fully saturated rings. The highest BCUT2D eigenvalue weighted by atomic mass is 16.1. The van der Waals surface area contributed by atoms with Gasteiger partial charge in [0.2, 0.25) is 0 Å². The van der Waals surface area contributed by atoms with Crippen molar-refractivity contribution in [1.29, 1.82) is 0 Å². The van der Waals surface area contributed by atoms with Gasteiger partial charge in [-0.2, -0.15) is 0 Å². The van der Waals surface area contributed by atoms with E-state index in [1.54, 1.807) is 0 Å². The quantitative estimate of drug-likeness (QED) is 0.464. The molecule has 1 rings (SSSR count). The highest BCUT2D eigenvalue weighted by Gasteiger charge is 2.15. The molecule has 0 aromatic rings. The van der Waals surface area contributed by atoms with E-state index in [1.165, 1.54) is 6.42 Å². The molecule has 0 saturated carbocycles. The van der Waals surface area contributed by atoms with E-state index in [4.69, 9.17) is 0 Å². The van der Waals surface area contributed by atoms with Crippen LogP contribution in [0.1, 0.15) is 19.3 Å². The van der Waals surface area contributed by atoms with Gasteiger partial charge in [0.25, 0.3) is 0 Å². The van der Waals surface area contributed by atoms with Crippen molar-refractivity contribution >= 4 is 6.29 Å². The number of carbonyl (C=O) groups excluding carboxylic acids is 1. The molecular formula is C8H13NO. The largest absolute Gasteiger partial charge is 0.310 e. The summed E-state index contributed by atoms with van der Waals surface area (Å²) in [6.07, 6.45) is 3.79. The predicted molar refractivity (Wildman–Crippen MR) is 40.8 cm³/mol. The molecule has 1 aliphatic rings. The molecule has 0 aliphatic carbocycles. The lowest BCUT2D eigenvalue weighted by Gasteiger charge is -2.09. The summed E-state index contributed by atoms with van der Waals surface area (Å²) >= 11 is 0. The summed E-state index contributed by atoms with van der Waals surface area (Å²) in [7, 11) is 0. The second-order valence-corrected chi connectivity index (χ2v) is 2.68. The van der Waals surface area contributed by atoms with Crippen LogP contribution in [0.25, 0.3) is 0 Å². The first kappa shape index (κ1) is 7.48. The van der Waals surface area contributed by atoms with Gasteiger partial charge in [0.1, 0.15) is 6.29 Å². The van der Waals surface area contributed by atoms with E-state index < -0.39 is 0 Å². The van der Waals surface area contributed by atoms with Crippen molar-refractivity contribution in [3.8, 4) is 0 Å². The van der Waals surface area contributed by atoms with Crippen molar-refractivity contribution in [1.82, 2.24) is 5.32 Å². The van der Waals surface area contributed by atoms with Crippen molar-refractivity contribution in [2.45, 2.75) is 25.3 Å². The lowest BCUT2D eigenvalue weighted by molar-refractivity contribution is -0.107. The summed E-state index contributed by atoms with van der Waals surface area (Å²) in [6, 6.07) is 0.408. The number of hydrogen-bond acceptors (Lipinski definition) is 2. The van der Waals surface area contributed by atoms with Crippen molar-refractivity contribution in [2.75, 3.05) is 6.54 Å². The zero-order valence-corrected chi connectivity index (χ0v) is 6.10. The Morgan fingerprint density at radius 3 is 3.10 bits per heavy atom. The summed E-state index contributed by atoms with van der Waals surface area (Å²) in [5.41, 5.74) is 1.03. The van der Waals surface area contributed by atoms with E-state index in [2.05, 4.69) is 11.9 Å². The maximum absolute atomic E-state index is 10.1. The summed E-state index contributed by atoms with van der Waals surface area (Å²) in [4.78, 5) is 10.1. The second kappa shape index (κ2) is 3.52. The summed E-state index contributed by atoms with van der Waals surface area (Å²) in [5.74, 6) is 0. The molecule has 0 spiro atoms. The number of aldehydes is 1. The van der Waals surface area contributed by atoms with E-state index in [1.807, 2.05) is 0 Å². The summed E-state index contributed by atoms with van der Waals surface area (Å²) < 4.78 is 0. The molecule has 0 bridgehead atoms. The van der Waals surface area contributed by atoms with E-state index in [-0.39, 0.29) is 0 Å². The first-order chi connectivity index (χ1) is 4.84. The average molecular weight is 139 g/mol. The smallest absolute Gasteiger partial charge is 0.124 e. The first-order valence-electron chi connectivity index (χ1n) is 3.69. The van der Waals surface area contributed by atoms with Crippen molar-refractivity contribution in [3.63, 3.8) is 0 Å². The van der Waals surface area contributed by atoms with Crippen LogP contribution >= 0.6 is 0 Å². The Bertz CT molecular complexity index is 136. The maximum atomic E-state index is 10.1. The first-order valence-corrected chi connectivity index (χ1v) is 3.69. The Kier molecular flexibility index (Phi) is 2.63. The molecule has 1 aliphatic heterocycles. The lowest BCUT2D eigenvalue weighted by atomic mass is 10.1. The van der Waals surface area contributed by atoms with Gasteiger partial charge in [-0.15, -0.1) is 0 Å². The standard InChI is InChI=1S/C8H13NO/c1-7(4-6-10)8-3-2-5-9-8/h6,8-9H,1-5H2. The van der Waals surface area contributed by atoms with E-state index >= 15 is 0 Å². The molecule has 1 atom stereocenters. The van der Waals surface area contributed by atoms with Crippen LogP contribution in [0.2, 0.25) is 0 Å². The minimum atomic E-state index is 0.408.